The Balaban J connectivity index is 1.95. The number of unbranched alkanes of at least 4 members (excludes halogenated alkanes) is 2. The van der Waals surface area contributed by atoms with Gasteiger partial charge < -0.3 is 24.4 Å². The van der Waals surface area contributed by atoms with Gasteiger partial charge >= 0.3 is 5.97 Å². The van der Waals surface area contributed by atoms with Gasteiger partial charge in [0.15, 0.2) is 0 Å². The van der Waals surface area contributed by atoms with E-state index < -0.39 is 23.7 Å². The molecule has 0 bridgehead atoms. The van der Waals surface area contributed by atoms with Crippen molar-refractivity contribution in [3.05, 3.63) is 70.8 Å². The van der Waals surface area contributed by atoms with Gasteiger partial charge in [0.2, 0.25) is 0 Å². The van der Waals surface area contributed by atoms with Gasteiger partial charge in [-0.3, -0.25) is 9.59 Å². The molecule has 0 aromatic heterocycles. The van der Waals surface area contributed by atoms with Crippen LogP contribution < -0.4 is 4.74 Å². The van der Waals surface area contributed by atoms with Gasteiger partial charge in [0.1, 0.15) is 11.5 Å². The Bertz CT molecular complexity index is 1150. The molecule has 1 aliphatic rings. The fraction of sp³-hybridized carbons (Fsp3) is 0.452. The molecule has 1 fully saturated rings. The molecule has 1 saturated heterocycles. The maximum absolute atomic E-state index is 13.3. The molecule has 2 aromatic carbocycles. The maximum atomic E-state index is 13.3. The molecule has 3 rings (SSSR count). The number of esters is 1. The van der Waals surface area contributed by atoms with E-state index in [-0.39, 0.29) is 11.3 Å². The molecule has 1 unspecified atom stereocenters. The lowest BCUT2D eigenvalue weighted by molar-refractivity contribution is -0.140. The van der Waals surface area contributed by atoms with Gasteiger partial charge in [0.25, 0.3) is 11.7 Å². The highest BCUT2D eigenvalue weighted by molar-refractivity contribution is 6.46. The van der Waals surface area contributed by atoms with Crippen LogP contribution in [-0.4, -0.2) is 73.0 Å². The van der Waals surface area contributed by atoms with E-state index in [1.54, 1.807) is 60.5 Å². The summed E-state index contributed by atoms with van der Waals surface area (Å²) in [6.45, 7) is 7.53. The Morgan fingerprint density at radius 2 is 1.44 bits per heavy atom. The van der Waals surface area contributed by atoms with E-state index in [1.807, 2.05) is 0 Å². The molecular formula is C31H40N2O6. The van der Waals surface area contributed by atoms with Crippen molar-refractivity contribution in [2.75, 3.05) is 40.4 Å². The van der Waals surface area contributed by atoms with Crippen LogP contribution in [0.1, 0.15) is 73.5 Å². The third-order valence-corrected chi connectivity index (χ3v) is 7.08. The molecular weight excluding hydrogens is 496 g/mol. The first kappa shape index (κ1) is 29.9. The number of nitrogens with zero attached hydrogens (tertiary/aromatic N) is 2. The second-order valence-corrected chi connectivity index (χ2v) is 9.74. The van der Waals surface area contributed by atoms with Crippen molar-refractivity contribution in [3.8, 4) is 5.75 Å². The number of rotatable bonds is 14. The summed E-state index contributed by atoms with van der Waals surface area (Å²) in [7, 11) is 2.86. The quantitative estimate of drug-likeness (QED) is 0.154. The van der Waals surface area contributed by atoms with Crippen molar-refractivity contribution in [3.63, 3.8) is 0 Å². The predicted octanol–water partition coefficient (Wildman–Crippen LogP) is 5.20. The highest BCUT2D eigenvalue weighted by Crippen LogP contribution is 2.39. The highest BCUT2D eigenvalue weighted by Gasteiger charge is 2.45. The molecule has 0 radical (unpaired) electrons. The number of benzene rings is 2. The van der Waals surface area contributed by atoms with Crippen molar-refractivity contribution in [1.29, 1.82) is 0 Å². The molecule has 1 amide bonds. The molecule has 1 heterocycles. The second kappa shape index (κ2) is 14.5. The first-order chi connectivity index (χ1) is 18.9. The SMILES string of the molecule is CCCCN(CCCC)CCCN1C(=O)C(=O)/C(=C(\O)c2ccc(OC)cc2)C1c1ccc(C(=O)OC)cc1. The van der Waals surface area contributed by atoms with Crippen molar-refractivity contribution in [1.82, 2.24) is 9.80 Å². The number of aliphatic hydroxyl groups excluding tert-OH is 1. The van der Waals surface area contributed by atoms with Gasteiger partial charge in [0.05, 0.1) is 31.4 Å². The van der Waals surface area contributed by atoms with Crippen molar-refractivity contribution in [2.24, 2.45) is 0 Å². The van der Waals surface area contributed by atoms with E-state index in [4.69, 9.17) is 9.47 Å². The van der Waals surface area contributed by atoms with Crippen LogP contribution in [0.25, 0.3) is 5.76 Å². The zero-order valence-electron chi connectivity index (χ0n) is 23.4. The van der Waals surface area contributed by atoms with Crippen LogP contribution in [0.2, 0.25) is 0 Å². The topological polar surface area (TPSA) is 96.4 Å². The number of Topliss-reactive ketones (excluding diaryl/α,β-unsaturated/α-hetero) is 1. The zero-order valence-corrected chi connectivity index (χ0v) is 23.4. The van der Waals surface area contributed by atoms with E-state index in [1.165, 1.54) is 7.11 Å². The first-order valence-corrected chi connectivity index (χ1v) is 13.7. The van der Waals surface area contributed by atoms with Crippen LogP contribution in [0.5, 0.6) is 5.75 Å². The van der Waals surface area contributed by atoms with Gasteiger partial charge in [0, 0.05) is 12.1 Å². The van der Waals surface area contributed by atoms with Crippen molar-refractivity contribution in [2.45, 2.75) is 52.0 Å². The molecule has 39 heavy (non-hydrogen) atoms. The van der Waals surface area contributed by atoms with Crippen LogP contribution in [0.15, 0.2) is 54.1 Å². The number of aliphatic hydroxyl groups is 1. The molecule has 1 aliphatic heterocycles. The lowest BCUT2D eigenvalue weighted by atomic mass is 9.94. The summed E-state index contributed by atoms with van der Waals surface area (Å²) in [5, 5.41) is 11.3. The molecule has 1 atom stereocenters. The number of carbonyl (C=O) groups excluding carboxylic acids is 3. The zero-order chi connectivity index (χ0) is 28.4. The van der Waals surface area contributed by atoms with E-state index in [9.17, 15) is 19.5 Å². The Kier molecular flexibility index (Phi) is 11.1. The average molecular weight is 537 g/mol. The normalized spacial score (nSPS) is 16.6. The fourth-order valence-corrected chi connectivity index (χ4v) is 4.84. The van der Waals surface area contributed by atoms with Gasteiger partial charge in [-0.15, -0.1) is 0 Å². The minimum absolute atomic E-state index is 0.0322. The molecule has 8 nitrogen and oxygen atoms in total. The van der Waals surface area contributed by atoms with E-state index >= 15 is 0 Å². The van der Waals surface area contributed by atoms with Crippen molar-refractivity contribution >= 4 is 23.4 Å². The molecule has 0 aliphatic carbocycles. The summed E-state index contributed by atoms with van der Waals surface area (Å²) in [4.78, 5) is 42.6. The summed E-state index contributed by atoms with van der Waals surface area (Å²) in [5.74, 6) is -1.47. The number of ether oxygens (including phenoxy) is 2. The van der Waals surface area contributed by atoms with Crippen LogP contribution in [0.4, 0.5) is 0 Å². The Morgan fingerprint density at radius 1 is 0.872 bits per heavy atom. The monoisotopic (exact) mass is 536 g/mol. The smallest absolute Gasteiger partial charge is 0.337 e. The maximum Gasteiger partial charge on any atom is 0.337 e. The van der Waals surface area contributed by atoms with Crippen molar-refractivity contribution < 1.29 is 29.0 Å². The molecule has 8 heteroatoms. The minimum atomic E-state index is -0.779. The number of hydrogen-bond donors (Lipinski definition) is 1. The van der Waals surface area contributed by atoms with Crippen LogP contribution in [-0.2, 0) is 14.3 Å². The molecule has 0 saturated carbocycles. The van der Waals surface area contributed by atoms with E-state index in [0.717, 1.165) is 45.3 Å². The lowest BCUT2D eigenvalue weighted by Gasteiger charge is -2.27. The minimum Gasteiger partial charge on any atom is -0.507 e. The summed E-state index contributed by atoms with van der Waals surface area (Å²) in [6, 6.07) is 12.5. The first-order valence-electron chi connectivity index (χ1n) is 13.7. The molecule has 0 spiro atoms. The Hall–Kier alpha value is -3.65. The average Bonchev–Trinajstić information content (AvgIpc) is 3.22. The summed E-state index contributed by atoms with van der Waals surface area (Å²) in [5.41, 5.74) is 1.43. The third kappa shape index (κ3) is 7.26. The highest BCUT2D eigenvalue weighted by atomic mass is 16.5. The lowest BCUT2D eigenvalue weighted by Crippen LogP contribution is -2.34. The predicted molar refractivity (Wildman–Crippen MR) is 151 cm³/mol. The molecule has 1 N–H and O–H groups in total. The van der Waals surface area contributed by atoms with E-state index in [2.05, 4.69) is 18.7 Å². The van der Waals surface area contributed by atoms with Gasteiger partial charge in [-0.1, -0.05) is 38.8 Å². The van der Waals surface area contributed by atoms with Gasteiger partial charge in [-0.25, -0.2) is 4.79 Å². The number of likely N-dealkylation sites (tertiary alicyclic amines) is 1. The number of methoxy groups -OCH3 is 2. The Morgan fingerprint density at radius 3 is 1.97 bits per heavy atom. The Labute approximate surface area is 231 Å². The fourth-order valence-electron chi connectivity index (χ4n) is 4.84. The van der Waals surface area contributed by atoms with E-state index in [0.29, 0.717) is 35.4 Å². The largest absolute Gasteiger partial charge is 0.507 e. The molecule has 2 aromatic rings. The third-order valence-electron chi connectivity index (χ3n) is 7.08. The van der Waals surface area contributed by atoms with Gasteiger partial charge in [-0.2, -0.15) is 0 Å². The number of ketones is 1. The second-order valence-electron chi connectivity index (χ2n) is 9.74. The van der Waals surface area contributed by atoms with Crippen LogP contribution in [0, 0.1) is 0 Å². The number of amides is 1. The van der Waals surface area contributed by atoms with Gasteiger partial charge in [-0.05, 0) is 80.9 Å². The number of hydrogen-bond acceptors (Lipinski definition) is 7. The van der Waals surface area contributed by atoms with Crippen LogP contribution in [0.3, 0.4) is 0 Å². The molecule has 210 valence electrons. The standard InChI is InChI=1S/C31H40N2O6/c1-5-7-18-32(19-8-6-2)20-9-21-33-27(22-10-12-24(13-11-22)31(37)39-4)26(29(35)30(33)36)28(34)23-14-16-25(38-3)17-15-23/h10-17,27,34H,5-9,18-21H2,1-4H3/b28-26-. The summed E-state index contributed by atoms with van der Waals surface area (Å²) in [6.07, 6.45) is 5.15. The summed E-state index contributed by atoms with van der Waals surface area (Å²) < 4.78 is 10.0. The summed E-state index contributed by atoms with van der Waals surface area (Å²) >= 11 is 0. The number of carbonyl (C=O) groups is 3. The van der Waals surface area contributed by atoms with Crippen LogP contribution >= 0.6 is 0 Å².